The number of halogens is 5. The average molecular weight is 489 g/mol. The lowest BCUT2D eigenvalue weighted by atomic mass is 9.85. The van der Waals surface area contributed by atoms with E-state index in [9.17, 15) is 31.0 Å². The Hall–Kier alpha value is -2.57. The number of alkyl halides is 5. The highest BCUT2D eigenvalue weighted by Crippen LogP contribution is 2.70. The van der Waals surface area contributed by atoms with Crippen molar-refractivity contribution in [3.05, 3.63) is 35.3 Å². The van der Waals surface area contributed by atoms with Gasteiger partial charge in [0.15, 0.2) is 0 Å². The minimum atomic E-state index is -4.86. The van der Waals surface area contributed by atoms with Gasteiger partial charge in [0.1, 0.15) is 16.3 Å². The number of rotatable bonds is 6. The molecule has 7 nitrogen and oxygen atoms in total. The topological polar surface area (TPSA) is 101 Å². The minimum Gasteiger partial charge on any atom is -0.320 e. The first-order valence-corrected chi connectivity index (χ1v) is 12.3. The summed E-state index contributed by atoms with van der Waals surface area (Å²) in [4.78, 5) is 16.9. The van der Waals surface area contributed by atoms with Crippen LogP contribution in [0.3, 0.4) is 0 Å². The molecule has 3 aliphatic rings. The van der Waals surface area contributed by atoms with E-state index >= 15 is 0 Å². The van der Waals surface area contributed by atoms with Crippen molar-refractivity contribution in [3.63, 3.8) is 0 Å². The van der Waals surface area contributed by atoms with E-state index in [2.05, 4.69) is 15.4 Å². The van der Waals surface area contributed by atoms with Gasteiger partial charge in [-0.2, -0.15) is 18.3 Å². The first-order chi connectivity index (χ1) is 15.3. The van der Waals surface area contributed by atoms with Gasteiger partial charge in [-0.1, -0.05) is 0 Å². The molecule has 4 atom stereocenters. The molecule has 2 aromatic rings. The molecule has 178 valence electrons. The Morgan fingerprint density at radius 3 is 2.58 bits per heavy atom. The number of hydrogen-bond donors (Lipinski definition) is 2. The van der Waals surface area contributed by atoms with Crippen molar-refractivity contribution >= 4 is 21.3 Å². The fraction of sp³-hybridized carbons (Fsp3) is 0.550. The van der Waals surface area contributed by atoms with E-state index in [0.29, 0.717) is 12.8 Å². The number of carbonyl (C=O) groups excluding carboxylic acids is 1. The van der Waals surface area contributed by atoms with Crippen LogP contribution in [0.1, 0.15) is 46.9 Å². The molecule has 0 aliphatic heterocycles. The van der Waals surface area contributed by atoms with Crippen LogP contribution in [0.4, 0.5) is 27.6 Å². The van der Waals surface area contributed by atoms with E-state index in [-0.39, 0.29) is 29.4 Å². The maximum atomic E-state index is 14.0. The molecule has 3 aliphatic carbocycles. The molecule has 33 heavy (non-hydrogen) atoms. The Morgan fingerprint density at radius 1 is 1.36 bits per heavy atom. The second-order valence-electron chi connectivity index (χ2n) is 9.05. The molecule has 0 spiro atoms. The molecule has 2 aromatic heterocycles. The van der Waals surface area contributed by atoms with Crippen molar-refractivity contribution in [2.75, 3.05) is 11.6 Å². The number of aromatic nitrogens is 3. The normalized spacial score (nSPS) is 27.3. The van der Waals surface area contributed by atoms with Gasteiger partial charge in [-0.3, -0.25) is 9.48 Å². The zero-order valence-corrected chi connectivity index (χ0v) is 18.1. The standard InChI is InChI=1S/C20H20F5N5O2S/c1-33(26,32)13-7-11(4-5-27-13)28-18(31)17-15(20(23,24)25)16(9-2-3-9)29-30(17)8-10-6-12-14(10)19(12,21)22/h4-5,7,9-10,12,14,26H,2-3,6,8H2,1H3,(H,27,28,31). The number of hydrogen-bond acceptors (Lipinski definition) is 5. The van der Waals surface area contributed by atoms with E-state index in [0.717, 1.165) is 17.0 Å². The molecule has 5 rings (SSSR count). The third-order valence-corrected chi connectivity index (χ3v) is 7.59. The quantitative estimate of drug-likeness (QED) is 0.589. The molecule has 0 saturated heterocycles. The van der Waals surface area contributed by atoms with Gasteiger partial charge >= 0.3 is 6.18 Å². The largest absolute Gasteiger partial charge is 0.420 e. The predicted octanol–water partition coefficient (Wildman–Crippen LogP) is 4.36. The summed E-state index contributed by atoms with van der Waals surface area (Å²) in [6, 6.07) is 2.45. The summed E-state index contributed by atoms with van der Waals surface area (Å²) in [6.45, 7) is -0.202. The van der Waals surface area contributed by atoms with Crippen LogP contribution in [0.2, 0.25) is 0 Å². The number of pyridine rings is 1. The lowest BCUT2D eigenvalue weighted by Gasteiger charge is -2.23. The molecule has 3 fully saturated rings. The number of fused-ring (bicyclic) bond motifs is 1. The second kappa shape index (κ2) is 6.97. The van der Waals surface area contributed by atoms with Crippen LogP contribution < -0.4 is 5.32 Å². The Balaban J connectivity index is 1.51. The van der Waals surface area contributed by atoms with Crippen LogP contribution in [0.5, 0.6) is 0 Å². The third kappa shape index (κ3) is 3.79. The molecule has 0 radical (unpaired) electrons. The summed E-state index contributed by atoms with van der Waals surface area (Å²) < 4.78 is 90.0. The molecule has 2 N–H and O–H groups in total. The number of nitrogens with zero attached hydrogens (tertiary/aromatic N) is 3. The van der Waals surface area contributed by atoms with Crippen LogP contribution in [0.25, 0.3) is 0 Å². The maximum absolute atomic E-state index is 14.0. The number of amides is 1. The van der Waals surface area contributed by atoms with Crippen LogP contribution >= 0.6 is 0 Å². The summed E-state index contributed by atoms with van der Waals surface area (Å²) in [6.07, 6.45) is -1.36. The van der Waals surface area contributed by atoms with Crippen molar-refractivity contribution in [2.45, 2.75) is 48.8 Å². The van der Waals surface area contributed by atoms with Gasteiger partial charge < -0.3 is 5.32 Å². The first-order valence-electron chi connectivity index (χ1n) is 10.4. The minimum absolute atomic E-state index is 0.0121. The van der Waals surface area contributed by atoms with Gasteiger partial charge in [-0.25, -0.2) is 22.8 Å². The summed E-state index contributed by atoms with van der Waals surface area (Å²) in [5.41, 5.74) is -2.09. The van der Waals surface area contributed by atoms with Crippen molar-refractivity contribution in [3.8, 4) is 0 Å². The highest BCUT2D eigenvalue weighted by Gasteiger charge is 2.77. The highest BCUT2D eigenvalue weighted by atomic mass is 32.2. The zero-order valence-electron chi connectivity index (χ0n) is 17.3. The molecular formula is C20H20F5N5O2S. The van der Waals surface area contributed by atoms with E-state index < -0.39 is 62.7 Å². The molecule has 0 aromatic carbocycles. The van der Waals surface area contributed by atoms with Gasteiger partial charge in [-0.05, 0) is 37.3 Å². The van der Waals surface area contributed by atoms with Crippen LogP contribution in [-0.2, 0) is 22.5 Å². The average Bonchev–Trinajstić information content (AvgIpc) is 3.52. The summed E-state index contributed by atoms with van der Waals surface area (Å²) in [5, 5.41) is 6.29. The molecule has 1 amide bonds. The van der Waals surface area contributed by atoms with Gasteiger partial charge in [0.2, 0.25) is 0 Å². The van der Waals surface area contributed by atoms with E-state index in [1.54, 1.807) is 0 Å². The molecule has 4 unspecified atom stereocenters. The van der Waals surface area contributed by atoms with E-state index in [1.165, 1.54) is 12.3 Å². The monoisotopic (exact) mass is 489 g/mol. The Morgan fingerprint density at radius 2 is 2.06 bits per heavy atom. The van der Waals surface area contributed by atoms with Crippen molar-refractivity contribution in [1.29, 1.82) is 4.78 Å². The maximum Gasteiger partial charge on any atom is 0.420 e. The molecule has 13 heteroatoms. The van der Waals surface area contributed by atoms with Crippen LogP contribution in [-0.4, -0.2) is 37.1 Å². The summed E-state index contributed by atoms with van der Waals surface area (Å²) in [5.74, 6) is -6.50. The van der Waals surface area contributed by atoms with E-state index in [4.69, 9.17) is 4.78 Å². The molecular weight excluding hydrogens is 469 g/mol. The second-order valence-corrected chi connectivity index (χ2v) is 11.2. The fourth-order valence-electron chi connectivity index (χ4n) is 4.71. The van der Waals surface area contributed by atoms with Crippen LogP contribution in [0, 0.1) is 22.5 Å². The summed E-state index contributed by atoms with van der Waals surface area (Å²) in [7, 11) is -3.22. The molecule has 0 bridgehead atoms. The lowest BCUT2D eigenvalue weighted by molar-refractivity contribution is -0.138. The van der Waals surface area contributed by atoms with E-state index in [1.807, 2.05) is 0 Å². The third-order valence-electron chi connectivity index (χ3n) is 6.57. The Bertz CT molecular complexity index is 1250. The van der Waals surface area contributed by atoms with Crippen molar-refractivity contribution in [2.24, 2.45) is 17.8 Å². The smallest absolute Gasteiger partial charge is 0.320 e. The van der Waals surface area contributed by atoms with Gasteiger partial charge in [0.25, 0.3) is 11.8 Å². The van der Waals surface area contributed by atoms with Crippen LogP contribution in [0.15, 0.2) is 23.4 Å². The fourth-order valence-corrected chi connectivity index (χ4v) is 5.32. The first kappa shape index (κ1) is 22.2. The number of carbonyl (C=O) groups is 1. The number of anilines is 1. The SMILES string of the molecule is CS(=N)(=O)c1cc(NC(=O)c2c(C(F)(F)F)c(C3CC3)nn2CC2CC3C2C3(F)F)ccn1. The van der Waals surface area contributed by atoms with Crippen molar-refractivity contribution < 1.29 is 31.0 Å². The van der Waals surface area contributed by atoms with Crippen molar-refractivity contribution in [1.82, 2.24) is 14.8 Å². The Kier molecular flexibility index (Phi) is 4.69. The molecule has 2 heterocycles. The highest BCUT2D eigenvalue weighted by molar-refractivity contribution is 7.91. The molecule has 3 saturated carbocycles. The number of nitrogens with one attached hydrogen (secondary N) is 2. The van der Waals surface area contributed by atoms with Gasteiger partial charge in [-0.15, -0.1) is 0 Å². The lowest BCUT2D eigenvalue weighted by Crippen LogP contribution is -2.27. The Labute approximate surface area is 185 Å². The van der Waals surface area contributed by atoms with Gasteiger partial charge in [0, 0.05) is 42.4 Å². The zero-order chi connectivity index (χ0) is 23.9. The summed E-state index contributed by atoms with van der Waals surface area (Å²) >= 11 is 0. The predicted molar refractivity (Wildman–Crippen MR) is 106 cm³/mol. The van der Waals surface area contributed by atoms with Gasteiger partial charge in [0.05, 0.1) is 15.4 Å².